The molecular weight excluding hydrogens is 594 g/mol. The number of anilines is 3. The van der Waals surface area contributed by atoms with E-state index >= 15 is 0 Å². The Morgan fingerprint density at radius 3 is 2.60 bits per heavy atom. The summed E-state index contributed by atoms with van der Waals surface area (Å²) in [7, 11) is 2.09. The first-order valence-corrected chi connectivity index (χ1v) is 16.1. The number of likely N-dealkylation sites (N-methyl/N-ethyl adjacent to an activating group) is 1. The highest BCUT2D eigenvalue weighted by molar-refractivity contribution is 7.16. The monoisotopic (exact) mass is 637 g/mol. The smallest absolute Gasteiger partial charge is 0.407 e. The number of nitrogen functional groups attached to an aromatic ring is 1. The van der Waals surface area contributed by atoms with Gasteiger partial charge >= 0.3 is 12.1 Å². The molecule has 0 aromatic carbocycles. The van der Waals surface area contributed by atoms with Crippen LogP contribution in [0.3, 0.4) is 0 Å². The number of nitrogens with one attached hydrogen (secondary N) is 1. The number of piperazine rings is 1. The second-order valence-corrected chi connectivity index (χ2v) is 14.4. The van der Waals surface area contributed by atoms with Crippen LogP contribution in [-0.2, 0) is 26.2 Å². The Morgan fingerprint density at radius 1 is 1.22 bits per heavy atom. The van der Waals surface area contributed by atoms with Gasteiger partial charge in [0.1, 0.15) is 28.2 Å². The molecule has 1 aliphatic carbocycles. The third kappa shape index (κ3) is 7.10. The van der Waals surface area contributed by atoms with Crippen LogP contribution in [-0.4, -0.2) is 86.2 Å². The molecule has 45 heavy (non-hydrogen) atoms. The second kappa shape index (κ2) is 12.7. The maximum absolute atomic E-state index is 13.5. The molecule has 13 nitrogen and oxygen atoms in total. The molecule has 4 heterocycles. The van der Waals surface area contributed by atoms with Gasteiger partial charge in [0.05, 0.1) is 11.0 Å². The molecule has 0 saturated carbocycles. The molecule has 14 heteroatoms. The van der Waals surface area contributed by atoms with E-state index in [1.54, 1.807) is 6.92 Å². The van der Waals surface area contributed by atoms with E-state index in [0.717, 1.165) is 68.5 Å². The molecule has 1 atom stereocenters. The van der Waals surface area contributed by atoms with E-state index in [4.69, 9.17) is 26.0 Å². The van der Waals surface area contributed by atoms with Crippen LogP contribution in [0.5, 0.6) is 0 Å². The molecule has 0 bridgehead atoms. The van der Waals surface area contributed by atoms with Gasteiger partial charge in [-0.05, 0) is 60.1 Å². The average molecular weight is 638 g/mol. The first-order valence-electron chi connectivity index (χ1n) is 15.3. The van der Waals surface area contributed by atoms with Gasteiger partial charge in [0.25, 0.3) is 0 Å². The van der Waals surface area contributed by atoms with Gasteiger partial charge in [-0.25, -0.2) is 14.6 Å². The van der Waals surface area contributed by atoms with E-state index in [-0.39, 0.29) is 11.8 Å². The zero-order valence-electron chi connectivity index (χ0n) is 26.7. The topological polar surface area (TPSA) is 175 Å². The molecule has 1 unspecified atom stereocenters. The summed E-state index contributed by atoms with van der Waals surface area (Å²) in [4.78, 5) is 43.5. The van der Waals surface area contributed by atoms with Crippen molar-refractivity contribution >= 4 is 45.7 Å². The van der Waals surface area contributed by atoms with Crippen LogP contribution >= 0.6 is 11.3 Å². The van der Waals surface area contributed by atoms with Crippen molar-refractivity contribution in [1.82, 2.24) is 15.2 Å². The van der Waals surface area contributed by atoms with E-state index in [2.05, 4.69) is 38.3 Å². The number of rotatable bonds is 7. The van der Waals surface area contributed by atoms with E-state index in [1.165, 1.54) is 11.3 Å². The molecule has 2 saturated heterocycles. The number of nitrogens with two attached hydrogens (primary N) is 2. The van der Waals surface area contributed by atoms with Crippen molar-refractivity contribution in [1.29, 1.82) is 5.26 Å². The molecule has 2 aromatic heterocycles. The van der Waals surface area contributed by atoms with Gasteiger partial charge in [-0.3, -0.25) is 0 Å². The molecule has 2 aromatic rings. The highest BCUT2D eigenvalue weighted by atomic mass is 32.1. The number of hydrogen-bond donors (Lipinski definition) is 3. The summed E-state index contributed by atoms with van der Waals surface area (Å²) in [6.07, 6.45) is 1.62. The summed E-state index contributed by atoms with van der Waals surface area (Å²) in [5, 5.41) is 17.1. The number of amides is 1. The Hall–Kier alpha value is -4.09. The predicted molar refractivity (Wildman–Crippen MR) is 174 cm³/mol. The lowest BCUT2D eigenvalue weighted by molar-refractivity contribution is -0.150. The third-order valence-corrected chi connectivity index (χ3v) is 9.65. The number of nitriles is 1. The number of carbonyl (C=O) groups excluding carboxylic acids is 2. The van der Waals surface area contributed by atoms with E-state index in [1.807, 2.05) is 32.9 Å². The van der Waals surface area contributed by atoms with Gasteiger partial charge in [-0.15, -0.1) is 11.3 Å². The Balaban J connectivity index is 1.32. The van der Waals surface area contributed by atoms with Crippen LogP contribution in [0.1, 0.15) is 62.2 Å². The molecule has 5 N–H and O–H groups in total. The van der Waals surface area contributed by atoms with E-state index in [9.17, 15) is 14.9 Å². The highest BCUT2D eigenvalue weighted by Gasteiger charge is 2.45. The van der Waals surface area contributed by atoms with Crippen molar-refractivity contribution in [2.75, 3.05) is 68.4 Å². The van der Waals surface area contributed by atoms with Crippen LogP contribution in [0.4, 0.5) is 21.3 Å². The number of carbonyl (C=O) groups is 2. The average Bonchev–Trinajstić information content (AvgIpc) is 3.30. The fraction of sp³-hybridized carbons (Fsp3) is 0.581. The van der Waals surface area contributed by atoms with Crippen molar-refractivity contribution in [2.45, 2.75) is 58.0 Å². The summed E-state index contributed by atoms with van der Waals surface area (Å²) in [6, 6.07) is 6.05. The number of thiophene rings is 1. The van der Waals surface area contributed by atoms with Crippen molar-refractivity contribution in [2.24, 2.45) is 16.8 Å². The van der Waals surface area contributed by atoms with Crippen molar-refractivity contribution in [3.05, 3.63) is 33.8 Å². The van der Waals surface area contributed by atoms with Crippen molar-refractivity contribution in [3.63, 3.8) is 0 Å². The summed E-state index contributed by atoms with van der Waals surface area (Å²) in [5.74, 6) is 0.430. The van der Waals surface area contributed by atoms with Gasteiger partial charge < -0.3 is 41.1 Å². The SMILES string of the molecule is CN1CCN(c2cc(N3CC(CNC(=O)OC(C)(C)C)C3)cc(/C(N)=N/OC(=O)C3(C)CCCc4sc(N)c(C#N)c43)n2)CC1. The molecule has 3 aliphatic rings. The lowest BCUT2D eigenvalue weighted by Crippen LogP contribution is -2.52. The lowest BCUT2D eigenvalue weighted by atomic mass is 9.72. The second-order valence-electron chi connectivity index (χ2n) is 13.3. The molecule has 0 radical (unpaired) electrons. The summed E-state index contributed by atoms with van der Waals surface area (Å²) in [6.45, 7) is 12.7. The number of aryl methyl sites for hydroxylation is 1. The minimum absolute atomic E-state index is 0.0192. The molecule has 5 rings (SSSR count). The van der Waals surface area contributed by atoms with Gasteiger partial charge in [0.15, 0.2) is 5.84 Å². The fourth-order valence-electron chi connectivity index (χ4n) is 6.00. The van der Waals surface area contributed by atoms with Gasteiger partial charge in [-0.2, -0.15) is 5.26 Å². The summed E-state index contributed by atoms with van der Waals surface area (Å²) in [5.41, 5.74) is 13.2. The molecule has 2 aliphatic heterocycles. The number of amidine groups is 1. The molecular formula is C31H43N9O4S. The number of hydrogen-bond acceptors (Lipinski definition) is 12. The number of aromatic nitrogens is 1. The Morgan fingerprint density at radius 2 is 1.93 bits per heavy atom. The van der Waals surface area contributed by atoms with Gasteiger partial charge in [0, 0.05) is 73.9 Å². The quantitative estimate of drug-likeness (QED) is 0.176. The van der Waals surface area contributed by atoms with Gasteiger partial charge in [-0.1, -0.05) is 5.16 Å². The van der Waals surface area contributed by atoms with Crippen LogP contribution in [0.25, 0.3) is 0 Å². The Labute approximate surface area is 268 Å². The van der Waals surface area contributed by atoms with Crippen LogP contribution in [0, 0.1) is 17.2 Å². The Bertz CT molecular complexity index is 1510. The zero-order chi connectivity index (χ0) is 32.5. The van der Waals surface area contributed by atoms with Crippen molar-refractivity contribution in [3.8, 4) is 6.07 Å². The Kier molecular flexibility index (Phi) is 9.14. The maximum atomic E-state index is 13.5. The normalized spacial score (nSPS) is 21.0. The van der Waals surface area contributed by atoms with Crippen LogP contribution < -0.4 is 26.6 Å². The molecule has 2 fully saturated rings. The summed E-state index contributed by atoms with van der Waals surface area (Å²) >= 11 is 1.35. The number of alkyl carbamates (subject to hydrolysis) is 1. The fourth-order valence-corrected chi connectivity index (χ4v) is 7.19. The van der Waals surface area contributed by atoms with E-state index < -0.39 is 23.1 Å². The van der Waals surface area contributed by atoms with E-state index in [0.29, 0.717) is 34.8 Å². The lowest BCUT2D eigenvalue weighted by Gasteiger charge is -2.42. The van der Waals surface area contributed by atoms with Crippen LogP contribution in [0.15, 0.2) is 17.3 Å². The standard InChI is InChI=1S/C31H43N9O4S/c1-30(2,3)43-29(42)35-16-19-17-40(18-19)20-13-22(36-24(14-20)39-11-9-38(5)10-12-39)26(33)37-44-28(41)31(4)8-6-7-23-25(31)21(15-32)27(34)45-23/h13-14,19H,6-12,16-18,34H2,1-5H3,(H2,33,37)(H,35,42). The van der Waals surface area contributed by atoms with Crippen LogP contribution in [0.2, 0.25) is 0 Å². The number of pyridine rings is 1. The van der Waals surface area contributed by atoms with Crippen molar-refractivity contribution < 1.29 is 19.2 Å². The number of oxime groups is 1. The molecule has 242 valence electrons. The minimum Gasteiger partial charge on any atom is -0.444 e. The predicted octanol–water partition coefficient (Wildman–Crippen LogP) is 2.77. The minimum atomic E-state index is -1.06. The number of fused-ring (bicyclic) bond motifs is 1. The third-order valence-electron chi connectivity index (χ3n) is 8.57. The maximum Gasteiger partial charge on any atom is 0.407 e. The number of ether oxygens (including phenoxy) is 1. The molecule has 0 spiro atoms. The molecule has 1 amide bonds. The zero-order valence-corrected chi connectivity index (χ0v) is 27.5. The summed E-state index contributed by atoms with van der Waals surface area (Å²) < 4.78 is 5.35. The number of nitrogens with zero attached hydrogens (tertiary/aromatic N) is 6. The first-order chi connectivity index (χ1) is 21.3. The largest absolute Gasteiger partial charge is 0.444 e. The van der Waals surface area contributed by atoms with Gasteiger partial charge in [0.2, 0.25) is 0 Å². The highest BCUT2D eigenvalue weighted by Crippen LogP contribution is 2.46. The first kappa shape index (κ1) is 32.3.